The van der Waals surface area contributed by atoms with Gasteiger partial charge >= 0.3 is 0 Å². The standard InChI is InChI=1S/C10H10Br2Cl2O2/c11-7-5-8(12)10(16-4-2-14)6-9(7)15-3-1-13/h5-6H,1-4H2. The molecule has 90 valence electrons. The van der Waals surface area contributed by atoms with E-state index in [-0.39, 0.29) is 0 Å². The predicted molar refractivity (Wildman–Crippen MR) is 74.3 cm³/mol. The molecule has 16 heavy (non-hydrogen) atoms. The summed E-state index contributed by atoms with van der Waals surface area (Å²) in [4.78, 5) is 0. The van der Waals surface area contributed by atoms with Crippen LogP contribution in [0.1, 0.15) is 0 Å². The minimum Gasteiger partial charge on any atom is -0.491 e. The lowest BCUT2D eigenvalue weighted by molar-refractivity contribution is 0.323. The lowest BCUT2D eigenvalue weighted by Gasteiger charge is -2.11. The van der Waals surface area contributed by atoms with Gasteiger partial charge in [0.05, 0.1) is 20.7 Å². The molecule has 0 spiro atoms. The quantitative estimate of drug-likeness (QED) is 0.666. The largest absolute Gasteiger partial charge is 0.491 e. The highest BCUT2D eigenvalue weighted by Crippen LogP contribution is 2.36. The second kappa shape index (κ2) is 7.64. The molecular formula is C10H10Br2Cl2O2. The molecule has 0 saturated heterocycles. The first-order chi connectivity index (χ1) is 7.69. The van der Waals surface area contributed by atoms with Crippen LogP contribution in [-0.2, 0) is 0 Å². The molecule has 0 aliphatic rings. The molecule has 0 fully saturated rings. The van der Waals surface area contributed by atoms with E-state index in [9.17, 15) is 0 Å². The van der Waals surface area contributed by atoms with Crippen LogP contribution in [0.3, 0.4) is 0 Å². The average molecular weight is 393 g/mol. The highest BCUT2D eigenvalue weighted by atomic mass is 79.9. The second-order valence-electron chi connectivity index (χ2n) is 2.79. The second-order valence-corrected chi connectivity index (χ2v) is 5.25. The maximum absolute atomic E-state index is 5.56. The zero-order valence-corrected chi connectivity index (χ0v) is 13.0. The Labute approximate surface area is 121 Å². The first-order valence-electron chi connectivity index (χ1n) is 4.55. The van der Waals surface area contributed by atoms with E-state index in [1.807, 2.05) is 6.07 Å². The van der Waals surface area contributed by atoms with Crippen LogP contribution < -0.4 is 9.47 Å². The molecule has 0 bridgehead atoms. The van der Waals surface area contributed by atoms with E-state index in [0.717, 1.165) is 8.95 Å². The molecule has 1 aromatic carbocycles. The number of alkyl halides is 2. The minimum absolute atomic E-state index is 0.445. The van der Waals surface area contributed by atoms with Crippen LogP contribution in [0.25, 0.3) is 0 Å². The summed E-state index contributed by atoms with van der Waals surface area (Å²) >= 11 is 17.9. The molecule has 6 heteroatoms. The van der Waals surface area contributed by atoms with Crippen molar-refractivity contribution in [1.29, 1.82) is 0 Å². The van der Waals surface area contributed by atoms with Gasteiger partial charge in [-0.1, -0.05) is 0 Å². The third kappa shape index (κ3) is 4.32. The smallest absolute Gasteiger partial charge is 0.137 e. The van der Waals surface area contributed by atoms with Crippen LogP contribution in [-0.4, -0.2) is 25.0 Å². The van der Waals surface area contributed by atoms with Crippen molar-refractivity contribution in [2.24, 2.45) is 0 Å². The van der Waals surface area contributed by atoms with Crippen molar-refractivity contribution in [3.8, 4) is 11.5 Å². The van der Waals surface area contributed by atoms with Gasteiger partial charge in [-0.15, -0.1) is 23.2 Å². The average Bonchev–Trinajstić information content (AvgIpc) is 2.26. The van der Waals surface area contributed by atoms with Crippen molar-refractivity contribution in [2.75, 3.05) is 25.0 Å². The highest BCUT2D eigenvalue weighted by Gasteiger charge is 2.08. The molecule has 0 aromatic heterocycles. The van der Waals surface area contributed by atoms with Gasteiger partial charge in [-0.3, -0.25) is 0 Å². The maximum atomic E-state index is 5.56. The molecule has 0 unspecified atom stereocenters. The van der Waals surface area contributed by atoms with Gasteiger partial charge in [-0.2, -0.15) is 0 Å². The molecule has 0 N–H and O–H groups in total. The van der Waals surface area contributed by atoms with Crippen molar-refractivity contribution >= 4 is 55.1 Å². The van der Waals surface area contributed by atoms with Gasteiger partial charge in [0.25, 0.3) is 0 Å². The van der Waals surface area contributed by atoms with E-state index in [4.69, 9.17) is 32.7 Å². The van der Waals surface area contributed by atoms with Crippen LogP contribution >= 0.6 is 55.1 Å². The summed E-state index contributed by atoms with van der Waals surface area (Å²) in [6.45, 7) is 0.910. The molecule has 0 amide bonds. The fraction of sp³-hybridized carbons (Fsp3) is 0.400. The van der Waals surface area contributed by atoms with Crippen molar-refractivity contribution in [1.82, 2.24) is 0 Å². The number of hydrogen-bond donors (Lipinski definition) is 0. The van der Waals surface area contributed by atoms with Gasteiger partial charge in [0.1, 0.15) is 24.7 Å². The van der Waals surface area contributed by atoms with E-state index in [0.29, 0.717) is 36.5 Å². The SMILES string of the molecule is ClCCOc1cc(OCCCl)c(Br)cc1Br. The van der Waals surface area contributed by atoms with Crippen molar-refractivity contribution in [3.63, 3.8) is 0 Å². The molecule has 0 saturated carbocycles. The monoisotopic (exact) mass is 390 g/mol. The molecule has 0 aliphatic heterocycles. The fourth-order valence-electron chi connectivity index (χ4n) is 1.03. The fourth-order valence-corrected chi connectivity index (χ4v) is 2.41. The van der Waals surface area contributed by atoms with E-state index < -0.39 is 0 Å². The minimum atomic E-state index is 0.445. The number of rotatable bonds is 6. The highest BCUT2D eigenvalue weighted by molar-refractivity contribution is 9.11. The van der Waals surface area contributed by atoms with Crippen LogP contribution in [0.15, 0.2) is 21.1 Å². The lowest BCUT2D eigenvalue weighted by atomic mass is 10.3. The summed E-state index contributed by atoms with van der Waals surface area (Å²) in [7, 11) is 0. The molecular weight excluding hydrogens is 383 g/mol. The van der Waals surface area contributed by atoms with E-state index in [2.05, 4.69) is 31.9 Å². The van der Waals surface area contributed by atoms with Crippen molar-refractivity contribution in [2.45, 2.75) is 0 Å². The first-order valence-corrected chi connectivity index (χ1v) is 7.21. The summed E-state index contributed by atoms with van der Waals surface area (Å²) in [6, 6.07) is 3.67. The van der Waals surface area contributed by atoms with E-state index in [1.54, 1.807) is 6.07 Å². The van der Waals surface area contributed by atoms with Crippen molar-refractivity contribution < 1.29 is 9.47 Å². The zero-order chi connectivity index (χ0) is 12.0. The maximum Gasteiger partial charge on any atom is 0.137 e. The molecule has 0 aliphatic carbocycles. The Morgan fingerprint density at radius 1 is 0.875 bits per heavy atom. The number of hydrogen-bond acceptors (Lipinski definition) is 2. The topological polar surface area (TPSA) is 18.5 Å². The molecule has 0 heterocycles. The lowest BCUT2D eigenvalue weighted by Crippen LogP contribution is -2.02. The van der Waals surface area contributed by atoms with Crippen LogP contribution in [0.5, 0.6) is 11.5 Å². The third-order valence-corrected chi connectivity index (χ3v) is 3.20. The molecule has 1 aromatic rings. The van der Waals surface area contributed by atoms with E-state index in [1.165, 1.54) is 0 Å². The summed E-state index contributed by atoms with van der Waals surface area (Å²) in [5.74, 6) is 2.29. The Morgan fingerprint density at radius 2 is 1.31 bits per heavy atom. The normalized spacial score (nSPS) is 10.2. The van der Waals surface area contributed by atoms with Gasteiger partial charge in [0, 0.05) is 6.07 Å². The Morgan fingerprint density at radius 3 is 1.69 bits per heavy atom. The molecule has 1 rings (SSSR count). The van der Waals surface area contributed by atoms with Gasteiger partial charge in [0.15, 0.2) is 0 Å². The Balaban J connectivity index is 2.83. The molecule has 2 nitrogen and oxygen atoms in total. The Kier molecular flexibility index (Phi) is 6.89. The number of ether oxygens (including phenoxy) is 2. The van der Waals surface area contributed by atoms with Gasteiger partial charge in [-0.05, 0) is 37.9 Å². The summed E-state index contributed by atoms with van der Waals surface area (Å²) in [5.41, 5.74) is 0. The Hall–Kier alpha value is 0.360. The van der Waals surface area contributed by atoms with Gasteiger partial charge in [-0.25, -0.2) is 0 Å². The van der Waals surface area contributed by atoms with E-state index >= 15 is 0 Å². The first kappa shape index (κ1) is 14.4. The molecule has 0 radical (unpaired) electrons. The van der Waals surface area contributed by atoms with Gasteiger partial charge in [0.2, 0.25) is 0 Å². The Bertz CT molecular complexity index is 319. The zero-order valence-electron chi connectivity index (χ0n) is 8.31. The van der Waals surface area contributed by atoms with Crippen LogP contribution in [0.2, 0.25) is 0 Å². The third-order valence-electron chi connectivity index (χ3n) is 1.66. The molecule has 0 atom stereocenters. The summed E-state index contributed by atoms with van der Waals surface area (Å²) in [6.07, 6.45) is 0. The van der Waals surface area contributed by atoms with Crippen LogP contribution in [0, 0.1) is 0 Å². The summed E-state index contributed by atoms with van der Waals surface area (Å²) in [5, 5.41) is 0. The number of benzene rings is 1. The van der Waals surface area contributed by atoms with Gasteiger partial charge < -0.3 is 9.47 Å². The number of halogens is 4. The van der Waals surface area contributed by atoms with Crippen molar-refractivity contribution in [3.05, 3.63) is 21.1 Å². The van der Waals surface area contributed by atoms with Crippen LogP contribution in [0.4, 0.5) is 0 Å². The predicted octanol–water partition coefficient (Wildman–Crippen LogP) is 4.45. The summed E-state index contributed by atoms with van der Waals surface area (Å²) < 4.78 is 12.6.